The molecule has 16 aromatic rings. The molecule has 2 aliphatic rings. The second-order valence-electron chi connectivity index (χ2n) is 41.1. The zero-order valence-corrected chi connectivity index (χ0v) is 69.9. The van der Waals surface area contributed by atoms with Crippen LogP contribution in [0.15, 0.2) is 206 Å². The van der Waals surface area contributed by atoms with E-state index in [1.54, 1.807) is 0 Å². The molecule has 0 amide bonds. The van der Waals surface area contributed by atoms with Crippen LogP contribution in [0.3, 0.4) is 0 Å². The minimum atomic E-state index is -0.305. The summed E-state index contributed by atoms with van der Waals surface area (Å²) in [5, 5.41) is 20.2. The summed E-state index contributed by atoms with van der Waals surface area (Å²) in [4.78, 5) is 23.3. The van der Waals surface area contributed by atoms with E-state index in [2.05, 4.69) is 382 Å². The third kappa shape index (κ3) is 11.6. The number of hydrogen-bond donors (Lipinski definition) is 0. The Morgan fingerprint density at radius 2 is 0.468 bits per heavy atom. The molecule has 0 unspecified atom stereocenters. The third-order valence-corrected chi connectivity index (χ3v) is 24.8. The van der Waals surface area contributed by atoms with Crippen molar-refractivity contribution in [2.75, 3.05) is 9.80 Å². The lowest BCUT2D eigenvalue weighted by Crippen LogP contribution is -2.61. The van der Waals surface area contributed by atoms with Crippen molar-refractivity contribution in [2.24, 2.45) is 0 Å². The number of benzene rings is 15. The van der Waals surface area contributed by atoms with Gasteiger partial charge in [-0.05, 0) is 240 Å². The molecule has 6 heteroatoms. The van der Waals surface area contributed by atoms with Gasteiger partial charge in [-0.2, -0.15) is 0 Å². The summed E-state index contributed by atoms with van der Waals surface area (Å²) in [6.07, 6.45) is 0. The van der Waals surface area contributed by atoms with Gasteiger partial charge in [-0.3, -0.25) is 0 Å². The molecule has 0 saturated carbocycles. The SMILES string of the molecule is CC(C)(C)c1cc(-c2nc(-c3cc(C(C)(C)C)cc(C(C)(C)C)c3)nc(-c3cc4c5c(c3)N(c3cc(C(C)(C)C)cc(C(C)(C)C)c3)c3c(cc6c7cccc8cccc(c9cccc3c96)c87)B5c3cc5c6cccc7cccc(c8cccc(c3N4c3cc(C(C)(C)C)cc(C(C)(C)C)c3)c85)c76)n2)cc(C(C)(C)C)c1. The summed E-state index contributed by atoms with van der Waals surface area (Å²) >= 11 is 0. The summed E-state index contributed by atoms with van der Waals surface area (Å²) in [5.41, 5.74) is 22.0. The Kier molecular flexibility index (Phi) is 15.6. The molecule has 554 valence electrons. The lowest BCUT2D eigenvalue weighted by Gasteiger charge is -2.46. The van der Waals surface area contributed by atoms with Crippen LogP contribution in [-0.2, 0) is 43.3 Å². The van der Waals surface area contributed by atoms with Gasteiger partial charge in [0.1, 0.15) is 0 Å². The molecule has 0 fully saturated rings. The van der Waals surface area contributed by atoms with Crippen molar-refractivity contribution in [1.29, 1.82) is 0 Å². The summed E-state index contributed by atoms with van der Waals surface area (Å²) in [6, 6.07) is 81.8. The van der Waals surface area contributed by atoms with Crippen LogP contribution in [-0.4, -0.2) is 21.7 Å². The highest BCUT2D eigenvalue weighted by Gasteiger charge is 2.47. The number of anilines is 6. The van der Waals surface area contributed by atoms with Gasteiger partial charge >= 0.3 is 0 Å². The highest BCUT2D eigenvalue weighted by Crippen LogP contribution is 2.55. The fourth-order valence-electron chi connectivity index (χ4n) is 18.3. The van der Waals surface area contributed by atoms with Crippen LogP contribution in [0.25, 0.3) is 120 Å². The fourth-order valence-corrected chi connectivity index (χ4v) is 18.3. The van der Waals surface area contributed by atoms with Gasteiger partial charge < -0.3 is 9.80 Å². The van der Waals surface area contributed by atoms with E-state index in [9.17, 15) is 0 Å². The molecule has 0 atom stereocenters. The van der Waals surface area contributed by atoms with Crippen LogP contribution in [0.2, 0.25) is 0 Å². The Bertz CT molecular complexity index is 6080. The summed E-state index contributed by atoms with van der Waals surface area (Å²) in [6.45, 7) is 56.1. The van der Waals surface area contributed by atoms with Gasteiger partial charge in [0.15, 0.2) is 17.5 Å². The smallest absolute Gasteiger partial charge is 0.252 e. The van der Waals surface area contributed by atoms with Crippen molar-refractivity contribution in [3.05, 3.63) is 251 Å². The monoisotopic (exact) mass is 1450 g/mol. The maximum absolute atomic E-state index is 6.02. The molecule has 0 spiro atoms. The lowest BCUT2D eigenvalue weighted by molar-refractivity contribution is 0.568. The Morgan fingerprint density at radius 1 is 0.234 bits per heavy atom. The van der Waals surface area contributed by atoms with Gasteiger partial charge in [0.05, 0.1) is 0 Å². The summed E-state index contributed by atoms with van der Waals surface area (Å²) < 4.78 is 0. The van der Waals surface area contributed by atoms with E-state index in [0.29, 0.717) is 17.5 Å². The highest BCUT2D eigenvalue weighted by molar-refractivity contribution is 7.01. The van der Waals surface area contributed by atoms with Crippen LogP contribution >= 0.6 is 0 Å². The zero-order valence-electron chi connectivity index (χ0n) is 69.9. The van der Waals surface area contributed by atoms with E-state index >= 15 is 0 Å². The van der Waals surface area contributed by atoms with Gasteiger partial charge in [-0.25, -0.2) is 15.0 Å². The Labute approximate surface area is 658 Å². The molecule has 0 radical (unpaired) electrons. The van der Waals surface area contributed by atoms with Crippen molar-refractivity contribution >= 4 is 143 Å². The van der Waals surface area contributed by atoms with Crippen LogP contribution in [0.4, 0.5) is 34.1 Å². The van der Waals surface area contributed by atoms with Gasteiger partial charge in [0.2, 0.25) is 0 Å². The second kappa shape index (κ2) is 24.1. The molecule has 0 saturated heterocycles. The van der Waals surface area contributed by atoms with E-state index in [-0.39, 0.29) is 50.0 Å². The number of rotatable bonds is 5. The van der Waals surface area contributed by atoms with Gasteiger partial charge in [-0.15, -0.1) is 0 Å². The molecule has 2 aliphatic heterocycles. The first-order valence-electron chi connectivity index (χ1n) is 40.5. The number of nitrogens with zero attached hydrogens (tertiary/aromatic N) is 5. The van der Waals surface area contributed by atoms with Crippen molar-refractivity contribution in [3.63, 3.8) is 0 Å². The van der Waals surface area contributed by atoms with Gasteiger partial charge in [0.25, 0.3) is 6.71 Å². The summed E-state index contributed by atoms with van der Waals surface area (Å²) in [7, 11) is 0. The van der Waals surface area contributed by atoms with E-state index in [4.69, 9.17) is 15.0 Å². The van der Waals surface area contributed by atoms with Gasteiger partial charge in [0, 0.05) is 61.6 Å². The minimum absolute atomic E-state index is 0.176. The quantitative estimate of drug-likeness (QED) is 0.0976. The van der Waals surface area contributed by atoms with E-state index in [1.807, 2.05) is 0 Å². The molecular formula is C105H106BN5. The number of fused-ring (bicyclic) bond motifs is 10. The van der Waals surface area contributed by atoms with E-state index in [0.717, 1.165) is 39.4 Å². The Morgan fingerprint density at radius 3 is 0.748 bits per heavy atom. The highest BCUT2D eigenvalue weighted by atomic mass is 15.2. The molecule has 5 nitrogen and oxygen atoms in total. The molecular weight excluding hydrogens is 1340 g/mol. The van der Waals surface area contributed by atoms with Crippen molar-refractivity contribution in [1.82, 2.24) is 15.0 Å². The minimum Gasteiger partial charge on any atom is -0.311 e. The maximum atomic E-state index is 6.02. The fraction of sp³-hybridized carbons (Fsp3) is 0.305. The van der Waals surface area contributed by atoms with Crippen molar-refractivity contribution in [3.8, 4) is 34.2 Å². The van der Waals surface area contributed by atoms with Gasteiger partial charge in [-0.1, -0.05) is 312 Å². The van der Waals surface area contributed by atoms with Crippen LogP contribution < -0.4 is 26.2 Å². The third-order valence-electron chi connectivity index (χ3n) is 24.8. The molecule has 1 aromatic heterocycles. The maximum Gasteiger partial charge on any atom is 0.252 e. The average Bonchev–Trinajstić information content (AvgIpc) is 0.671. The molecule has 15 aromatic carbocycles. The molecule has 0 N–H and O–H groups in total. The number of hydrogen-bond acceptors (Lipinski definition) is 5. The molecule has 0 aliphatic carbocycles. The predicted octanol–water partition coefficient (Wildman–Crippen LogP) is 27.4. The first-order valence-corrected chi connectivity index (χ1v) is 40.5. The normalized spacial score (nSPS) is 14.1. The van der Waals surface area contributed by atoms with E-state index in [1.165, 1.54) is 158 Å². The standard InChI is InChI=1S/C105H106BN5/c1-98(2,3)64-43-61(44-65(49-64)99(4,5)6)95-107-96(62-45-66(100(7,8)9)50-67(46-62)101(10,11)12)109-97(108-95)63-47-86-92-87(48-63)111(73-55-70(104(19,20)21)52-71(56-73)105(22,23)24)94-81-42-30-40-77-75-36-26-32-60-34-28-38-79(89(60)75)83(91(77)81)58-85(94)106(92)84-57-82-78-37-27-33-59-31-25-35-74(88(59)78)76-39-29-41-80(90(76)82)93(84)110(86)72-53-68(102(13,14)15)51-69(54-72)103(16,17)18/h25-58H,1-24H3. The number of aromatic nitrogens is 3. The molecule has 111 heavy (non-hydrogen) atoms. The first kappa shape index (κ1) is 72.1. The topological polar surface area (TPSA) is 45.2 Å². The Hall–Kier alpha value is -10.4. The average molecular weight is 1450 g/mol. The van der Waals surface area contributed by atoms with E-state index < -0.39 is 0 Å². The zero-order chi connectivity index (χ0) is 78.4. The summed E-state index contributed by atoms with van der Waals surface area (Å²) in [5.74, 6) is 1.90. The predicted molar refractivity (Wildman–Crippen MR) is 482 cm³/mol. The largest absolute Gasteiger partial charge is 0.311 e. The molecule has 3 heterocycles. The van der Waals surface area contributed by atoms with Crippen LogP contribution in [0.1, 0.15) is 211 Å². The van der Waals surface area contributed by atoms with Crippen LogP contribution in [0.5, 0.6) is 0 Å². The van der Waals surface area contributed by atoms with Crippen molar-refractivity contribution < 1.29 is 0 Å². The lowest BCUT2D eigenvalue weighted by atomic mass is 9.33. The molecule has 0 bridgehead atoms. The van der Waals surface area contributed by atoms with Crippen LogP contribution in [0, 0.1) is 0 Å². The first-order chi connectivity index (χ1) is 52.1. The second-order valence-corrected chi connectivity index (χ2v) is 41.1. The van der Waals surface area contributed by atoms with Crippen molar-refractivity contribution in [2.45, 2.75) is 209 Å². The Balaban J connectivity index is 1.08. The molecule has 18 rings (SSSR count).